The number of aromatic nitrogens is 5. The number of aromatic amines is 1. The number of fused-ring (bicyclic) bond motifs is 1. The van der Waals surface area contributed by atoms with Crippen molar-refractivity contribution in [3.05, 3.63) is 87.9 Å². The summed E-state index contributed by atoms with van der Waals surface area (Å²) in [5.74, 6) is -0.119. The van der Waals surface area contributed by atoms with Crippen molar-refractivity contribution in [2.45, 2.75) is 39.0 Å². The number of benzene rings is 2. The number of halogens is 1. The van der Waals surface area contributed by atoms with Crippen LogP contribution in [0.1, 0.15) is 36.7 Å². The largest absolute Gasteiger partial charge is 0.397 e. The van der Waals surface area contributed by atoms with Gasteiger partial charge in [-0.15, -0.1) is 4.68 Å². The van der Waals surface area contributed by atoms with E-state index in [9.17, 15) is 14.5 Å². The van der Waals surface area contributed by atoms with Gasteiger partial charge in [-0.2, -0.15) is 0 Å². The molecule has 1 saturated heterocycles. The Kier molecular flexibility index (Phi) is 6.49. The number of ether oxygens (including phenoxy) is 1. The van der Waals surface area contributed by atoms with E-state index in [1.807, 2.05) is 37.3 Å². The van der Waals surface area contributed by atoms with E-state index >= 15 is 0 Å². The molecule has 0 bridgehead atoms. The lowest BCUT2D eigenvalue weighted by molar-refractivity contribution is -0.388. The Hall–Kier alpha value is -4.64. The second-order valence-corrected chi connectivity index (χ2v) is 9.50. The first-order chi connectivity index (χ1) is 19.0. The number of rotatable bonds is 7. The Bertz CT molecular complexity index is 1670. The molecule has 0 amide bonds. The average Bonchev–Trinajstić information content (AvgIpc) is 3.55. The molecule has 1 unspecified atom stereocenters. The zero-order valence-electron chi connectivity index (χ0n) is 21.2. The Morgan fingerprint density at radius 1 is 1.15 bits per heavy atom. The number of nitrogens with one attached hydrogen (secondary N) is 2. The van der Waals surface area contributed by atoms with Crippen LogP contribution in [-0.2, 0) is 11.3 Å². The number of H-pyrrole nitrogens is 1. The average molecular weight is 528 g/mol. The van der Waals surface area contributed by atoms with E-state index in [0.29, 0.717) is 51.7 Å². The van der Waals surface area contributed by atoms with Crippen LogP contribution in [0.2, 0.25) is 0 Å². The van der Waals surface area contributed by atoms with E-state index < -0.39 is 4.92 Å². The third-order valence-electron chi connectivity index (χ3n) is 6.81. The van der Waals surface area contributed by atoms with E-state index in [1.54, 1.807) is 28.9 Å². The molecule has 1 fully saturated rings. The number of imidazole rings is 1. The Morgan fingerprint density at radius 2 is 2.03 bits per heavy atom. The number of hydrogen-bond acceptors (Lipinski definition) is 7. The van der Waals surface area contributed by atoms with Crippen LogP contribution in [0.3, 0.4) is 0 Å². The van der Waals surface area contributed by atoms with Gasteiger partial charge in [-0.05, 0) is 61.4 Å². The molecule has 198 valence electrons. The first-order valence-corrected chi connectivity index (χ1v) is 12.8. The number of hydrogen-bond donors (Lipinski definition) is 2. The van der Waals surface area contributed by atoms with Crippen molar-refractivity contribution in [3.63, 3.8) is 0 Å². The minimum atomic E-state index is -0.472. The lowest BCUT2D eigenvalue weighted by Crippen LogP contribution is -2.19. The van der Waals surface area contributed by atoms with Crippen LogP contribution in [0.5, 0.6) is 0 Å². The standard InChI is InChI=1S/C28H26FN7O3/c1-17-7-6-10-22(31-17)26-25(32-28(33-26)30-16-19-8-2-3-9-21(19)29)18-12-13-23-20(15-18)27(36(37)38)34-35(23)24-11-4-5-14-39-24/h2-3,6-10,12-13,15,24H,4-5,11,14,16H2,1H3,(H2,30,32,33). The van der Waals surface area contributed by atoms with Crippen molar-refractivity contribution in [1.29, 1.82) is 0 Å². The summed E-state index contributed by atoms with van der Waals surface area (Å²) in [4.78, 5) is 24.2. The minimum Gasteiger partial charge on any atom is -0.358 e. The molecule has 4 heterocycles. The number of pyridine rings is 1. The molecule has 5 aromatic rings. The molecule has 39 heavy (non-hydrogen) atoms. The molecule has 10 nitrogen and oxygen atoms in total. The highest BCUT2D eigenvalue weighted by molar-refractivity contribution is 5.92. The minimum absolute atomic E-state index is 0.221. The summed E-state index contributed by atoms with van der Waals surface area (Å²) in [6.45, 7) is 2.72. The molecule has 3 aromatic heterocycles. The predicted octanol–water partition coefficient (Wildman–Crippen LogP) is 6.16. The fraction of sp³-hybridized carbons (Fsp3) is 0.250. The quantitative estimate of drug-likeness (QED) is 0.192. The van der Waals surface area contributed by atoms with Gasteiger partial charge in [-0.25, -0.2) is 9.37 Å². The molecule has 0 aliphatic carbocycles. The van der Waals surface area contributed by atoms with Crippen molar-refractivity contribution >= 4 is 22.7 Å². The Morgan fingerprint density at radius 3 is 2.79 bits per heavy atom. The maximum Gasteiger partial charge on any atom is 0.397 e. The summed E-state index contributed by atoms with van der Waals surface area (Å²) in [7, 11) is 0. The molecule has 1 atom stereocenters. The second kappa shape index (κ2) is 10.3. The third kappa shape index (κ3) is 4.84. The van der Waals surface area contributed by atoms with E-state index in [4.69, 9.17) is 9.72 Å². The van der Waals surface area contributed by atoms with Gasteiger partial charge in [0.05, 0.1) is 22.2 Å². The third-order valence-corrected chi connectivity index (χ3v) is 6.81. The fourth-order valence-corrected chi connectivity index (χ4v) is 4.90. The first kappa shape index (κ1) is 24.7. The number of anilines is 1. The molecule has 0 saturated carbocycles. The number of nitrogens with zero attached hydrogens (tertiary/aromatic N) is 5. The van der Waals surface area contributed by atoms with Crippen molar-refractivity contribution in [2.24, 2.45) is 0 Å². The summed E-state index contributed by atoms with van der Waals surface area (Å²) in [6, 6.07) is 17.6. The molecule has 0 radical (unpaired) electrons. The van der Waals surface area contributed by atoms with Crippen LogP contribution in [0, 0.1) is 22.9 Å². The van der Waals surface area contributed by atoms with Gasteiger partial charge >= 0.3 is 5.82 Å². The van der Waals surface area contributed by atoms with Gasteiger partial charge in [0.1, 0.15) is 16.7 Å². The highest BCUT2D eigenvalue weighted by Crippen LogP contribution is 2.37. The van der Waals surface area contributed by atoms with Crippen LogP contribution in [-0.4, -0.2) is 36.3 Å². The Balaban J connectivity index is 1.44. The van der Waals surface area contributed by atoms with Crippen LogP contribution in [0.4, 0.5) is 16.2 Å². The Labute approximate surface area is 223 Å². The van der Waals surface area contributed by atoms with E-state index in [-0.39, 0.29) is 24.4 Å². The van der Waals surface area contributed by atoms with Crippen LogP contribution in [0.25, 0.3) is 33.5 Å². The lowest BCUT2D eigenvalue weighted by atomic mass is 10.1. The summed E-state index contributed by atoms with van der Waals surface area (Å²) in [6.07, 6.45) is 2.34. The molecule has 2 N–H and O–H groups in total. The van der Waals surface area contributed by atoms with Gasteiger partial charge in [0.15, 0.2) is 6.23 Å². The predicted molar refractivity (Wildman–Crippen MR) is 145 cm³/mol. The van der Waals surface area contributed by atoms with Gasteiger partial charge in [-0.1, -0.05) is 30.3 Å². The maximum atomic E-state index is 14.2. The topological polar surface area (TPSA) is 124 Å². The second-order valence-electron chi connectivity index (χ2n) is 9.50. The number of nitro groups is 1. The summed E-state index contributed by atoms with van der Waals surface area (Å²) < 4.78 is 21.7. The van der Waals surface area contributed by atoms with Crippen molar-refractivity contribution in [1.82, 2.24) is 24.7 Å². The molecule has 11 heteroatoms. The van der Waals surface area contributed by atoms with Gasteiger partial charge < -0.3 is 25.2 Å². The maximum absolute atomic E-state index is 14.2. The van der Waals surface area contributed by atoms with Gasteiger partial charge in [0.25, 0.3) is 0 Å². The SMILES string of the molecule is Cc1cccc(-c2[nH]c(NCc3ccccc3F)nc2-c2ccc3c(c2)c([N+](=O)[O-])nn3C2CCCCO2)n1. The highest BCUT2D eigenvalue weighted by atomic mass is 19.1. The smallest absolute Gasteiger partial charge is 0.358 e. The molecular weight excluding hydrogens is 501 g/mol. The van der Waals surface area contributed by atoms with E-state index in [1.165, 1.54) is 6.07 Å². The van der Waals surface area contributed by atoms with E-state index in [0.717, 1.165) is 25.0 Å². The summed E-state index contributed by atoms with van der Waals surface area (Å²) in [5.41, 5.74) is 4.47. The van der Waals surface area contributed by atoms with Crippen molar-refractivity contribution in [2.75, 3.05) is 11.9 Å². The van der Waals surface area contributed by atoms with Gasteiger partial charge in [-0.3, -0.25) is 4.98 Å². The first-order valence-electron chi connectivity index (χ1n) is 12.8. The lowest BCUT2D eigenvalue weighted by Gasteiger charge is -2.20. The highest BCUT2D eigenvalue weighted by Gasteiger charge is 2.29. The molecule has 0 spiro atoms. The van der Waals surface area contributed by atoms with Gasteiger partial charge in [0.2, 0.25) is 5.95 Å². The summed E-state index contributed by atoms with van der Waals surface area (Å²) >= 11 is 0. The molecule has 2 aromatic carbocycles. The number of aryl methyl sites for hydroxylation is 1. The zero-order valence-corrected chi connectivity index (χ0v) is 21.2. The van der Waals surface area contributed by atoms with Crippen LogP contribution < -0.4 is 5.32 Å². The summed E-state index contributed by atoms with van der Waals surface area (Å²) in [5, 5.41) is 19.8. The molecule has 6 rings (SSSR count). The monoisotopic (exact) mass is 527 g/mol. The molecular formula is C28H26FN7O3. The molecule has 1 aliphatic heterocycles. The van der Waals surface area contributed by atoms with Crippen molar-refractivity contribution in [3.8, 4) is 22.6 Å². The fourth-order valence-electron chi connectivity index (χ4n) is 4.90. The normalized spacial score (nSPS) is 15.5. The van der Waals surface area contributed by atoms with Crippen LogP contribution >= 0.6 is 0 Å². The molecule has 1 aliphatic rings. The zero-order chi connectivity index (χ0) is 26.9. The van der Waals surface area contributed by atoms with Gasteiger partial charge in [0, 0.05) is 30.0 Å². The van der Waals surface area contributed by atoms with Crippen LogP contribution in [0.15, 0.2) is 60.7 Å². The van der Waals surface area contributed by atoms with E-state index in [2.05, 4.69) is 20.4 Å². The van der Waals surface area contributed by atoms with Crippen molar-refractivity contribution < 1.29 is 14.1 Å².